The van der Waals surface area contributed by atoms with Gasteiger partial charge in [-0.05, 0) is 45.7 Å². The highest BCUT2D eigenvalue weighted by Crippen LogP contribution is 2.42. The van der Waals surface area contributed by atoms with Gasteiger partial charge in [-0.1, -0.05) is 6.42 Å². The molecule has 0 aromatic rings. The van der Waals surface area contributed by atoms with E-state index in [1.807, 2.05) is 6.92 Å². The molecule has 0 amide bonds. The van der Waals surface area contributed by atoms with E-state index in [0.29, 0.717) is 19.3 Å². The Kier molecular flexibility index (Phi) is 4.40. The molecule has 4 heteroatoms. The number of esters is 1. The van der Waals surface area contributed by atoms with Crippen molar-refractivity contribution in [2.75, 3.05) is 26.3 Å². The fraction of sp³-hybridized carbons (Fsp3) is 0.923. The highest BCUT2D eigenvalue weighted by molar-refractivity contribution is 5.78. The second kappa shape index (κ2) is 5.83. The first-order chi connectivity index (χ1) is 8.27. The van der Waals surface area contributed by atoms with Crippen LogP contribution in [0.3, 0.4) is 0 Å². The average Bonchev–Trinajstić information content (AvgIpc) is 2.29. The second-order valence-electron chi connectivity index (χ2n) is 5.11. The quantitative estimate of drug-likeness (QED) is 0.741. The zero-order chi connectivity index (χ0) is 12.1. The molecule has 1 saturated carbocycles. The molecule has 4 nitrogen and oxygen atoms in total. The summed E-state index contributed by atoms with van der Waals surface area (Å²) in [5.74, 6) is -0.0554. The largest absolute Gasteiger partial charge is 0.465 e. The Labute approximate surface area is 103 Å². The van der Waals surface area contributed by atoms with Gasteiger partial charge in [-0.2, -0.15) is 0 Å². The first kappa shape index (κ1) is 12.8. The van der Waals surface area contributed by atoms with Gasteiger partial charge >= 0.3 is 5.97 Å². The van der Waals surface area contributed by atoms with Crippen LogP contribution in [0.1, 0.15) is 39.0 Å². The van der Waals surface area contributed by atoms with Crippen LogP contribution in [-0.4, -0.2) is 38.4 Å². The summed E-state index contributed by atoms with van der Waals surface area (Å²) >= 11 is 0. The molecular weight excluding hydrogens is 218 g/mol. The highest BCUT2D eigenvalue weighted by Gasteiger charge is 2.46. The lowest BCUT2D eigenvalue weighted by molar-refractivity contribution is -0.169. The van der Waals surface area contributed by atoms with Crippen LogP contribution in [0.15, 0.2) is 0 Å². The molecule has 0 spiro atoms. The molecule has 0 radical (unpaired) electrons. The molecule has 0 bridgehead atoms. The number of carbonyl (C=O) groups excluding carboxylic acids is 1. The van der Waals surface area contributed by atoms with Crippen molar-refractivity contribution < 1.29 is 14.3 Å². The number of rotatable bonds is 5. The van der Waals surface area contributed by atoms with Crippen molar-refractivity contribution in [2.45, 2.75) is 45.1 Å². The maximum absolute atomic E-state index is 11.9. The lowest BCUT2D eigenvalue weighted by Gasteiger charge is -2.40. The van der Waals surface area contributed by atoms with Gasteiger partial charge in [0, 0.05) is 0 Å². The van der Waals surface area contributed by atoms with Gasteiger partial charge in [0.25, 0.3) is 0 Å². The molecule has 2 rings (SSSR count). The molecular formula is C13H23NO3. The van der Waals surface area contributed by atoms with Gasteiger partial charge in [-0.3, -0.25) is 4.79 Å². The molecule has 1 N–H and O–H groups in total. The fourth-order valence-electron chi connectivity index (χ4n) is 2.53. The van der Waals surface area contributed by atoms with Crippen molar-refractivity contribution in [1.29, 1.82) is 0 Å². The summed E-state index contributed by atoms with van der Waals surface area (Å²) in [6, 6.07) is 0. The molecule has 0 unspecified atom stereocenters. The Morgan fingerprint density at radius 1 is 1.35 bits per heavy atom. The summed E-state index contributed by atoms with van der Waals surface area (Å²) in [5, 5.41) is 3.31. The monoisotopic (exact) mass is 241 g/mol. The standard InChI is InChI=1S/C13H23NO3/c1-2-16-12(15)13(6-3-7-13)10-17-11-4-8-14-9-5-11/h11,14H,2-10H2,1H3. The zero-order valence-corrected chi connectivity index (χ0v) is 10.7. The predicted molar refractivity (Wildman–Crippen MR) is 64.8 cm³/mol. The van der Waals surface area contributed by atoms with E-state index in [1.54, 1.807) is 0 Å². The average molecular weight is 241 g/mol. The minimum atomic E-state index is -0.319. The summed E-state index contributed by atoms with van der Waals surface area (Å²) in [6.45, 7) is 4.93. The van der Waals surface area contributed by atoms with Gasteiger partial charge in [0.1, 0.15) is 0 Å². The normalized spacial score (nSPS) is 24.1. The molecule has 1 heterocycles. The van der Waals surface area contributed by atoms with E-state index in [-0.39, 0.29) is 11.4 Å². The third kappa shape index (κ3) is 2.99. The summed E-state index contributed by atoms with van der Waals surface area (Å²) in [5.41, 5.74) is -0.319. The smallest absolute Gasteiger partial charge is 0.314 e. The first-order valence-corrected chi connectivity index (χ1v) is 6.76. The van der Waals surface area contributed by atoms with Crippen molar-refractivity contribution in [1.82, 2.24) is 5.32 Å². The Morgan fingerprint density at radius 2 is 2.06 bits per heavy atom. The van der Waals surface area contributed by atoms with Crippen LogP contribution < -0.4 is 5.32 Å². The molecule has 1 aliphatic carbocycles. The van der Waals surface area contributed by atoms with Crippen molar-refractivity contribution in [3.63, 3.8) is 0 Å². The molecule has 0 aromatic carbocycles. The van der Waals surface area contributed by atoms with Crippen LogP contribution in [0.25, 0.3) is 0 Å². The van der Waals surface area contributed by atoms with Crippen LogP contribution >= 0.6 is 0 Å². The molecule has 0 atom stereocenters. The Balaban J connectivity index is 1.80. The Hall–Kier alpha value is -0.610. The molecule has 1 saturated heterocycles. The maximum Gasteiger partial charge on any atom is 0.314 e. The summed E-state index contributed by atoms with van der Waals surface area (Å²) < 4.78 is 11.1. The molecule has 1 aliphatic heterocycles. The van der Waals surface area contributed by atoms with E-state index in [9.17, 15) is 4.79 Å². The SMILES string of the molecule is CCOC(=O)C1(COC2CCNCC2)CCC1. The maximum atomic E-state index is 11.9. The third-order valence-corrected chi connectivity index (χ3v) is 3.90. The van der Waals surface area contributed by atoms with E-state index in [2.05, 4.69) is 5.32 Å². The van der Waals surface area contributed by atoms with Crippen molar-refractivity contribution in [3.8, 4) is 0 Å². The second-order valence-corrected chi connectivity index (χ2v) is 5.11. The number of piperidine rings is 1. The van der Waals surface area contributed by atoms with E-state index in [1.165, 1.54) is 0 Å². The number of ether oxygens (including phenoxy) is 2. The number of hydrogen-bond donors (Lipinski definition) is 1. The van der Waals surface area contributed by atoms with E-state index in [0.717, 1.165) is 45.2 Å². The van der Waals surface area contributed by atoms with Crippen molar-refractivity contribution in [2.24, 2.45) is 5.41 Å². The Bertz CT molecular complexity index is 257. The van der Waals surface area contributed by atoms with Crippen LogP contribution in [0.4, 0.5) is 0 Å². The highest BCUT2D eigenvalue weighted by atomic mass is 16.5. The molecule has 17 heavy (non-hydrogen) atoms. The topological polar surface area (TPSA) is 47.6 Å². The summed E-state index contributed by atoms with van der Waals surface area (Å²) in [7, 11) is 0. The van der Waals surface area contributed by atoms with Gasteiger partial charge in [-0.25, -0.2) is 0 Å². The number of nitrogens with one attached hydrogen (secondary N) is 1. The van der Waals surface area contributed by atoms with Gasteiger partial charge in [-0.15, -0.1) is 0 Å². The van der Waals surface area contributed by atoms with Crippen LogP contribution in [0.2, 0.25) is 0 Å². The van der Waals surface area contributed by atoms with Gasteiger partial charge < -0.3 is 14.8 Å². The fourth-order valence-corrected chi connectivity index (χ4v) is 2.53. The molecule has 2 fully saturated rings. The van der Waals surface area contributed by atoms with Gasteiger partial charge in [0.2, 0.25) is 0 Å². The molecule has 0 aromatic heterocycles. The zero-order valence-electron chi connectivity index (χ0n) is 10.7. The van der Waals surface area contributed by atoms with Crippen LogP contribution in [-0.2, 0) is 14.3 Å². The predicted octanol–water partition coefficient (Wildman–Crippen LogP) is 1.49. The summed E-state index contributed by atoms with van der Waals surface area (Å²) in [4.78, 5) is 11.9. The van der Waals surface area contributed by atoms with E-state index < -0.39 is 0 Å². The van der Waals surface area contributed by atoms with Gasteiger partial charge in [0.15, 0.2) is 0 Å². The van der Waals surface area contributed by atoms with E-state index in [4.69, 9.17) is 9.47 Å². The van der Waals surface area contributed by atoms with Crippen molar-refractivity contribution >= 4 is 5.97 Å². The Morgan fingerprint density at radius 3 is 2.59 bits per heavy atom. The first-order valence-electron chi connectivity index (χ1n) is 6.76. The molecule has 98 valence electrons. The lowest BCUT2D eigenvalue weighted by atomic mass is 9.69. The van der Waals surface area contributed by atoms with Crippen LogP contribution in [0, 0.1) is 5.41 Å². The van der Waals surface area contributed by atoms with Gasteiger partial charge in [0.05, 0.1) is 24.7 Å². The minimum absolute atomic E-state index is 0.0554. The third-order valence-electron chi connectivity index (χ3n) is 3.90. The van der Waals surface area contributed by atoms with E-state index >= 15 is 0 Å². The van der Waals surface area contributed by atoms with Crippen molar-refractivity contribution in [3.05, 3.63) is 0 Å². The minimum Gasteiger partial charge on any atom is -0.465 e. The van der Waals surface area contributed by atoms with Crippen LogP contribution in [0.5, 0.6) is 0 Å². The summed E-state index contributed by atoms with van der Waals surface area (Å²) in [6.07, 6.45) is 5.41. The molecule has 2 aliphatic rings. The number of carbonyl (C=O) groups is 1. The lowest BCUT2D eigenvalue weighted by Crippen LogP contribution is -2.45. The number of hydrogen-bond acceptors (Lipinski definition) is 4.